The molecule has 0 saturated heterocycles. The zero-order valence-electron chi connectivity index (χ0n) is 5.81. The van der Waals surface area contributed by atoms with E-state index in [0.29, 0.717) is 0 Å². The second-order valence-corrected chi connectivity index (χ2v) is 3.22. The van der Waals surface area contributed by atoms with Crippen LogP contribution in [0, 0.1) is 0 Å². The first kappa shape index (κ1) is 13.0. The van der Waals surface area contributed by atoms with Crippen LogP contribution < -0.4 is 5.11 Å². The summed E-state index contributed by atoms with van der Waals surface area (Å²) in [4.78, 5) is 8.78. The van der Waals surface area contributed by atoms with Gasteiger partial charge in [0, 0.05) is 0 Å². The van der Waals surface area contributed by atoms with Crippen LogP contribution in [-0.4, -0.2) is 25.5 Å². The van der Waals surface area contributed by atoms with Gasteiger partial charge in [-0.15, -0.1) is 0 Å². The Morgan fingerprint density at radius 2 is 1.45 bits per heavy atom. The summed E-state index contributed by atoms with van der Waals surface area (Å²) < 4.78 is 41.1. The Bertz CT molecular complexity index is 149. The number of alkyl halides is 3. The molecule has 0 unspecified atom stereocenters. The molecular formula is C4H6F3O3P. The van der Waals surface area contributed by atoms with Gasteiger partial charge in [-0.2, -0.15) is 13.2 Å². The summed E-state index contributed by atoms with van der Waals surface area (Å²) in [5.41, 5.74) is 0. The molecule has 3 nitrogen and oxygen atoms in total. The molecule has 66 valence electrons. The highest BCUT2D eigenvalue weighted by atomic mass is 31.1. The molecule has 7 heteroatoms. The topological polar surface area (TPSA) is 57.2 Å². The largest absolute Gasteiger partial charge is 0.542 e. The monoisotopic (exact) mass is 190 g/mol. The third kappa shape index (κ3) is 17.6. The van der Waals surface area contributed by atoms with Crippen molar-refractivity contribution in [3.63, 3.8) is 0 Å². The Kier molecular flexibility index (Phi) is 5.98. The highest BCUT2D eigenvalue weighted by Gasteiger charge is 2.28. The minimum absolute atomic E-state index is 0.870. The van der Waals surface area contributed by atoms with Gasteiger partial charge in [0.15, 0.2) is 0 Å². The summed E-state index contributed by atoms with van der Waals surface area (Å²) in [5, 5.41) is 8.78. The van der Waals surface area contributed by atoms with Crippen molar-refractivity contribution < 1.29 is 27.6 Å². The molecule has 0 aliphatic carbocycles. The molecule has 0 rings (SSSR count). The number of rotatable bonds is 0. The maximum absolute atomic E-state index is 10.5. The lowest BCUT2D eigenvalue weighted by molar-refractivity contribution is -0.344. The number of carboxylic acids is 1. The third-order valence-electron chi connectivity index (χ3n) is 0.231. The Morgan fingerprint density at radius 3 is 1.45 bits per heavy atom. The quantitative estimate of drug-likeness (QED) is 0.518. The molecule has 0 fully saturated rings. The molecule has 11 heavy (non-hydrogen) atoms. The predicted octanol–water partition coefficient (Wildman–Crippen LogP) is 0.372. The molecule has 0 heterocycles. The van der Waals surface area contributed by atoms with Crippen molar-refractivity contribution in [2.75, 3.05) is 13.3 Å². The van der Waals surface area contributed by atoms with Gasteiger partial charge in [0.1, 0.15) is 19.3 Å². The smallest absolute Gasteiger partial charge is 0.430 e. The lowest BCUT2D eigenvalue weighted by Crippen LogP contribution is -2.37. The van der Waals surface area contributed by atoms with E-state index in [4.69, 9.17) is 9.90 Å². The Balaban J connectivity index is 0. The molecule has 0 aromatic heterocycles. The highest BCUT2D eigenvalue weighted by Crippen LogP contribution is 2.11. The lowest BCUT2D eigenvalue weighted by atomic mass is 10.7. The van der Waals surface area contributed by atoms with Crippen molar-refractivity contribution in [2.24, 2.45) is 0 Å². The van der Waals surface area contributed by atoms with Gasteiger partial charge >= 0.3 is 14.0 Å². The number of carbonyl (C=O) groups excluding carboxylic acids is 1. The van der Waals surface area contributed by atoms with Crippen molar-refractivity contribution >= 4 is 13.8 Å². The second kappa shape index (κ2) is 5.07. The fourth-order valence-electron chi connectivity index (χ4n) is 0. The van der Waals surface area contributed by atoms with Gasteiger partial charge in [0.05, 0.1) is 0 Å². The van der Waals surface area contributed by atoms with Gasteiger partial charge in [-0.1, -0.05) is 4.57 Å². The van der Waals surface area contributed by atoms with Gasteiger partial charge in [0.25, 0.3) is 0 Å². The van der Waals surface area contributed by atoms with E-state index in [1.807, 2.05) is 0 Å². The first-order valence-corrected chi connectivity index (χ1v) is 4.46. The molecule has 0 aliphatic heterocycles. The number of carboxylic acid groups (broad SMARTS) is 1. The van der Waals surface area contributed by atoms with Crippen LogP contribution in [0.25, 0.3) is 0 Å². The van der Waals surface area contributed by atoms with E-state index in [1.54, 1.807) is 13.3 Å². The summed E-state index contributed by atoms with van der Waals surface area (Å²) in [6.07, 6.45) is -5.19. The number of hydrogen-bond acceptors (Lipinski definition) is 3. The SMILES string of the molecule is C[P+](C)=O.O=C([O-])C(F)(F)F. The van der Waals surface area contributed by atoms with Gasteiger partial charge < -0.3 is 9.90 Å². The molecule has 0 bridgehead atoms. The molecule has 0 saturated carbocycles. The van der Waals surface area contributed by atoms with Gasteiger partial charge in [0.2, 0.25) is 0 Å². The van der Waals surface area contributed by atoms with E-state index in [2.05, 4.69) is 0 Å². The van der Waals surface area contributed by atoms with Crippen LogP contribution >= 0.6 is 7.80 Å². The van der Waals surface area contributed by atoms with Crippen molar-refractivity contribution in [2.45, 2.75) is 6.18 Å². The molecular weight excluding hydrogens is 184 g/mol. The molecule has 0 spiro atoms. The van der Waals surface area contributed by atoms with Crippen LogP contribution in [0.2, 0.25) is 0 Å². The average molecular weight is 190 g/mol. The number of aliphatic carboxylic acids is 1. The third-order valence-corrected chi connectivity index (χ3v) is 0.231. The maximum Gasteiger partial charge on any atom is 0.430 e. The van der Waals surface area contributed by atoms with E-state index >= 15 is 0 Å². The van der Waals surface area contributed by atoms with Crippen molar-refractivity contribution in [3.05, 3.63) is 0 Å². The number of carbonyl (C=O) groups is 1. The normalized spacial score (nSPS) is 9.55. The van der Waals surface area contributed by atoms with Crippen molar-refractivity contribution in [1.82, 2.24) is 0 Å². The molecule has 0 aromatic rings. The van der Waals surface area contributed by atoms with Crippen LogP contribution in [0.1, 0.15) is 0 Å². The van der Waals surface area contributed by atoms with Crippen LogP contribution in [0.15, 0.2) is 0 Å². The maximum atomic E-state index is 10.5. The first-order valence-electron chi connectivity index (χ1n) is 2.30. The van der Waals surface area contributed by atoms with E-state index in [1.165, 1.54) is 0 Å². The molecule has 0 N–H and O–H groups in total. The summed E-state index contributed by atoms with van der Waals surface area (Å²) in [6, 6.07) is 0. The minimum Gasteiger partial charge on any atom is -0.542 e. The lowest BCUT2D eigenvalue weighted by Gasteiger charge is -2.03. The molecule has 0 radical (unpaired) electrons. The van der Waals surface area contributed by atoms with Gasteiger partial charge in [-0.3, -0.25) is 0 Å². The van der Waals surface area contributed by atoms with Crippen molar-refractivity contribution in [1.29, 1.82) is 0 Å². The van der Waals surface area contributed by atoms with E-state index in [0.717, 1.165) is 0 Å². The Morgan fingerprint density at radius 1 is 1.36 bits per heavy atom. The number of halogens is 3. The summed E-state index contributed by atoms with van der Waals surface area (Å²) in [6.45, 7) is 3.35. The van der Waals surface area contributed by atoms with Gasteiger partial charge in [-0.05, 0) is 0 Å². The minimum atomic E-state index is -5.19. The zero-order chi connectivity index (χ0) is 9.65. The molecule has 0 aliphatic rings. The Labute approximate surface area is 62.0 Å². The Hall–Kier alpha value is -0.640. The standard InChI is InChI=1S/C2HF3O2.C2H6OP/c3-2(4,5)1(6)7;1-4(2)3/h(H,6,7);1-2H3/q;+1/p-1. The summed E-state index contributed by atoms with van der Waals surface area (Å²) in [5.74, 6) is -3.01. The van der Waals surface area contributed by atoms with Crippen LogP contribution in [0.5, 0.6) is 0 Å². The van der Waals surface area contributed by atoms with Gasteiger partial charge in [-0.25, -0.2) is 0 Å². The van der Waals surface area contributed by atoms with Crippen LogP contribution in [0.4, 0.5) is 13.2 Å². The summed E-state index contributed by atoms with van der Waals surface area (Å²) >= 11 is 0. The van der Waals surface area contributed by atoms with Crippen LogP contribution in [0.3, 0.4) is 0 Å². The summed E-state index contributed by atoms with van der Waals surface area (Å²) in [7, 11) is -0.870. The van der Waals surface area contributed by atoms with Crippen molar-refractivity contribution in [3.8, 4) is 0 Å². The highest BCUT2D eigenvalue weighted by molar-refractivity contribution is 7.42. The zero-order valence-corrected chi connectivity index (χ0v) is 6.70. The molecule has 0 atom stereocenters. The fourth-order valence-corrected chi connectivity index (χ4v) is 0. The second-order valence-electron chi connectivity index (χ2n) is 1.60. The predicted molar refractivity (Wildman–Crippen MR) is 30.5 cm³/mol. The molecule has 0 amide bonds. The van der Waals surface area contributed by atoms with Crippen LogP contribution in [-0.2, 0) is 9.36 Å². The average Bonchev–Trinajstić information content (AvgIpc) is 1.59. The first-order chi connectivity index (χ1) is 4.68. The van der Waals surface area contributed by atoms with E-state index in [9.17, 15) is 17.7 Å². The molecule has 0 aromatic carbocycles. The van der Waals surface area contributed by atoms with E-state index < -0.39 is 19.9 Å². The fraction of sp³-hybridized carbons (Fsp3) is 0.750. The van der Waals surface area contributed by atoms with E-state index in [-0.39, 0.29) is 0 Å². The number of hydrogen-bond donors (Lipinski definition) is 0.